The molecule has 0 radical (unpaired) electrons. The summed E-state index contributed by atoms with van der Waals surface area (Å²) in [6.07, 6.45) is 0.241. The van der Waals surface area contributed by atoms with E-state index in [9.17, 15) is 19.0 Å². The Morgan fingerprint density at radius 1 is 1.24 bits per heavy atom. The van der Waals surface area contributed by atoms with Crippen LogP contribution < -0.4 is 0 Å². The van der Waals surface area contributed by atoms with Crippen LogP contribution >= 0.6 is 18.7 Å². The molecule has 0 spiro atoms. The maximum Gasteiger partial charge on any atom is 0.303 e. The SMILES string of the molecule is O=C(O)CC(CC(=O)O)CP(=O)(O)CCCc1ccsc1. The number of aliphatic carboxylic acids is 2. The number of hydrogen-bond donors (Lipinski definition) is 3. The van der Waals surface area contributed by atoms with Crippen LogP contribution in [0.15, 0.2) is 16.8 Å². The van der Waals surface area contributed by atoms with Crippen LogP contribution in [0.3, 0.4) is 0 Å². The molecule has 1 heterocycles. The van der Waals surface area contributed by atoms with Gasteiger partial charge in [-0.1, -0.05) is 0 Å². The fourth-order valence-corrected chi connectivity index (χ4v) is 4.76. The van der Waals surface area contributed by atoms with Gasteiger partial charge in [-0.25, -0.2) is 0 Å². The van der Waals surface area contributed by atoms with Crippen LogP contribution in [0.5, 0.6) is 0 Å². The molecule has 1 aromatic rings. The van der Waals surface area contributed by atoms with E-state index in [4.69, 9.17) is 10.2 Å². The van der Waals surface area contributed by atoms with Crippen LogP contribution in [0.4, 0.5) is 0 Å². The smallest absolute Gasteiger partial charge is 0.303 e. The van der Waals surface area contributed by atoms with Gasteiger partial charge in [-0.05, 0) is 41.1 Å². The second kappa shape index (κ2) is 8.32. The minimum Gasteiger partial charge on any atom is -0.481 e. The Hall–Kier alpha value is -1.17. The van der Waals surface area contributed by atoms with Crippen LogP contribution in [-0.2, 0) is 20.6 Å². The Morgan fingerprint density at radius 2 is 1.86 bits per heavy atom. The van der Waals surface area contributed by atoms with E-state index in [1.807, 2.05) is 16.8 Å². The zero-order valence-corrected chi connectivity index (χ0v) is 13.2. The van der Waals surface area contributed by atoms with Gasteiger partial charge in [-0.15, -0.1) is 0 Å². The Morgan fingerprint density at radius 3 is 2.33 bits per heavy atom. The van der Waals surface area contributed by atoms with Crippen molar-refractivity contribution in [1.29, 1.82) is 0 Å². The molecule has 0 aliphatic heterocycles. The monoisotopic (exact) mass is 334 g/mol. The molecular weight excluding hydrogens is 315 g/mol. The summed E-state index contributed by atoms with van der Waals surface area (Å²) in [4.78, 5) is 31.3. The second-order valence-electron chi connectivity index (χ2n) is 5.05. The van der Waals surface area contributed by atoms with Gasteiger partial charge in [0.15, 0.2) is 0 Å². The summed E-state index contributed by atoms with van der Waals surface area (Å²) < 4.78 is 12.1. The molecule has 0 bridgehead atoms. The molecular formula is C13H19O6PS. The quantitative estimate of drug-likeness (QED) is 0.567. The van der Waals surface area contributed by atoms with E-state index in [-0.39, 0.29) is 12.3 Å². The number of aryl methyl sites for hydroxylation is 1. The fraction of sp³-hybridized carbons (Fsp3) is 0.538. The summed E-state index contributed by atoms with van der Waals surface area (Å²) in [6.45, 7) is 0. The molecule has 1 unspecified atom stereocenters. The molecule has 6 nitrogen and oxygen atoms in total. The van der Waals surface area contributed by atoms with Crippen LogP contribution in [0.1, 0.15) is 24.8 Å². The van der Waals surface area contributed by atoms with Crippen molar-refractivity contribution in [3.05, 3.63) is 22.4 Å². The van der Waals surface area contributed by atoms with Crippen molar-refractivity contribution in [2.45, 2.75) is 25.7 Å². The van der Waals surface area contributed by atoms with Gasteiger partial charge in [-0.2, -0.15) is 11.3 Å². The van der Waals surface area contributed by atoms with Gasteiger partial charge in [-0.3, -0.25) is 14.2 Å². The van der Waals surface area contributed by atoms with E-state index in [0.29, 0.717) is 12.8 Å². The molecule has 0 amide bonds. The predicted octanol–water partition coefficient (Wildman–Crippen LogP) is 2.52. The molecule has 0 aliphatic carbocycles. The lowest BCUT2D eigenvalue weighted by molar-refractivity contribution is -0.140. The van der Waals surface area contributed by atoms with Crippen molar-refractivity contribution in [2.75, 3.05) is 12.3 Å². The Balaban J connectivity index is 2.48. The summed E-state index contributed by atoms with van der Waals surface area (Å²) in [5.41, 5.74) is 1.10. The first kappa shape index (κ1) is 17.9. The highest BCUT2D eigenvalue weighted by Gasteiger charge is 2.27. The summed E-state index contributed by atoms with van der Waals surface area (Å²) in [5, 5.41) is 21.4. The number of carbonyl (C=O) groups is 2. The van der Waals surface area contributed by atoms with Crippen LogP contribution in [-0.4, -0.2) is 39.4 Å². The van der Waals surface area contributed by atoms with Crippen molar-refractivity contribution in [2.24, 2.45) is 5.92 Å². The topological polar surface area (TPSA) is 112 Å². The van der Waals surface area contributed by atoms with Crippen molar-refractivity contribution in [1.82, 2.24) is 0 Å². The third kappa shape index (κ3) is 7.99. The third-order valence-electron chi connectivity index (χ3n) is 3.02. The molecule has 1 atom stereocenters. The lowest BCUT2D eigenvalue weighted by Gasteiger charge is -2.17. The lowest BCUT2D eigenvalue weighted by atomic mass is 10.0. The van der Waals surface area contributed by atoms with Gasteiger partial charge in [0.2, 0.25) is 7.37 Å². The Labute approximate surface area is 126 Å². The first-order chi connectivity index (χ1) is 9.78. The highest BCUT2D eigenvalue weighted by molar-refractivity contribution is 7.58. The molecule has 0 saturated heterocycles. The Bertz CT molecular complexity index is 497. The summed E-state index contributed by atoms with van der Waals surface area (Å²) in [7, 11) is -3.50. The molecule has 8 heteroatoms. The number of hydrogen-bond acceptors (Lipinski definition) is 4. The highest BCUT2D eigenvalue weighted by atomic mass is 32.1. The van der Waals surface area contributed by atoms with E-state index < -0.39 is 38.1 Å². The van der Waals surface area contributed by atoms with Gasteiger partial charge >= 0.3 is 11.9 Å². The van der Waals surface area contributed by atoms with E-state index in [1.54, 1.807) is 11.3 Å². The molecule has 21 heavy (non-hydrogen) atoms. The zero-order chi connectivity index (χ0) is 15.9. The van der Waals surface area contributed by atoms with Gasteiger partial charge in [0.25, 0.3) is 0 Å². The zero-order valence-electron chi connectivity index (χ0n) is 11.5. The number of rotatable bonds is 10. The lowest BCUT2D eigenvalue weighted by Crippen LogP contribution is -2.17. The minimum atomic E-state index is -3.50. The van der Waals surface area contributed by atoms with Crippen molar-refractivity contribution in [3.8, 4) is 0 Å². The highest BCUT2D eigenvalue weighted by Crippen LogP contribution is 2.44. The van der Waals surface area contributed by atoms with E-state index in [0.717, 1.165) is 5.56 Å². The minimum absolute atomic E-state index is 0.0819. The van der Waals surface area contributed by atoms with E-state index in [2.05, 4.69) is 0 Å². The average molecular weight is 334 g/mol. The van der Waals surface area contributed by atoms with Gasteiger partial charge < -0.3 is 15.1 Å². The van der Waals surface area contributed by atoms with Gasteiger partial charge in [0.1, 0.15) is 0 Å². The molecule has 0 aromatic carbocycles. The van der Waals surface area contributed by atoms with Gasteiger partial charge in [0, 0.05) is 25.2 Å². The largest absolute Gasteiger partial charge is 0.481 e. The number of carboxylic acid groups (broad SMARTS) is 2. The molecule has 0 fully saturated rings. The first-order valence-electron chi connectivity index (χ1n) is 6.54. The fourth-order valence-electron chi connectivity index (χ4n) is 2.16. The molecule has 0 aliphatic rings. The molecule has 1 aromatic heterocycles. The van der Waals surface area contributed by atoms with Crippen LogP contribution in [0.2, 0.25) is 0 Å². The summed E-state index contributed by atoms with van der Waals surface area (Å²) in [5.74, 6) is -3.11. The van der Waals surface area contributed by atoms with Crippen LogP contribution in [0, 0.1) is 5.92 Å². The standard InChI is InChI=1S/C13H19O6PS/c14-12(15)6-11(7-13(16)17)8-20(18,19)4-1-2-10-3-5-21-9-10/h3,5,9,11H,1-2,4,6-8H2,(H,14,15)(H,16,17)(H,18,19). The van der Waals surface area contributed by atoms with Crippen molar-refractivity contribution >= 4 is 30.6 Å². The maximum atomic E-state index is 12.1. The van der Waals surface area contributed by atoms with Gasteiger partial charge in [0.05, 0.1) is 0 Å². The first-order valence-corrected chi connectivity index (χ1v) is 9.51. The second-order valence-corrected chi connectivity index (χ2v) is 8.33. The van der Waals surface area contributed by atoms with E-state index >= 15 is 0 Å². The molecule has 0 saturated carbocycles. The average Bonchev–Trinajstić information content (AvgIpc) is 2.78. The Kier molecular flexibility index (Phi) is 7.08. The normalized spacial score (nSPS) is 14.0. The summed E-state index contributed by atoms with van der Waals surface area (Å²) in [6, 6.07) is 1.95. The van der Waals surface area contributed by atoms with E-state index in [1.165, 1.54) is 0 Å². The predicted molar refractivity (Wildman–Crippen MR) is 80.2 cm³/mol. The third-order valence-corrected chi connectivity index (χ3v) is 5.86. The summed E-state index contributed by atoms with van der Waals surface area (Å²) >= 11 is 1.56. The molecule has 1 rings (SSSR count). The van der Waals surface area contributed by atoms with Crippen molar-refractivity contribution < 1.29 is 29.3 Å². The molecule has 118 valence electrons. The number of thiophene rings is 1. The molecule has 3 N–H and O–H groups in total. The van der Waals surface area contributed by atoms with Crippen LogP contribution in [0.25, 0.3) is 0 Å². The number of carboxylic acids is 2. The van der Waals surface area contributed by atoms with Crippen molar-refractivity contribution in [3.63, 3.8) is 0 Å². The maximum absolute atomic E-state index is 12.1.